The van der Waals surface area contributed by atoms with Crippen molar-refractivity contribution in [1.82, 2.24) is 5.32 Å². The molecule has 2 aromatic carbocycles. The molecule has 0 aliphatic carbocycles. The van der Waals surface area contributed by atoms with Crippen LogP contribution in [-0.4, -0.2) is 19.6 Å². The molecule has 0 spiro atoms. The Morgan fingerprint density at radius 3 is 2.70 bits per heavy atom. The molecule has 1 aliphatic heterocycles. The third-order valence-corrected chi connectivity index (χ3v) is 3.99. The van der Waals surface area contributed by atoms with Crippen molar-refractivity contribution in [2.75, 3.05) is 25.0 Å². The van der Waals surface area contributed by atoms with E-state index < -0.39 is 11.6 Å². The lowest BCUT2D eigenvalue weighted by Crippen LogP contribution is -2.33. The molecular weight excluding hydrogens is 298 g/mol. The molecule has 5 heteroatoms. The molecule has 2 N–H and O–H groups in total. The van der Waals surface area contributed by atoms with E-state index in [9.17, 15) is 8.78 Å². The lowest BCUT2D eigenvalue weighted by molar-refractivity contribution is 0.390. The monoisotopic (exact) mass is 318 g/mol. The average molecular weight is 318 g/mol. The maximum absolute atomic E-state index is 14.5. The molecule has 0 amide bonds. The summed E-state index contributed by atoms with van der Waals surface area (Å²) in [5, 5.41) is 6.39. The number of anilines is 1. The van der Waals surface area contributed by atoms with Crippen molar-refractivity contribution in [2.24, 2.45) is 5.92 Å². The number of nitrogens with one attached hydrogen (secondary N) is 2. The third-order valence-electron chi connectivity index (χ3n) is 3.99. The van der Waals surface area contributed by atoms with E-state index in [2.05, 4.69) is 10.6 Å². The highest BCUT2D eigenvalue weighted by atomic mass is 19.1. The maximum Gasteiger partial charge on any atom is 0.200 e. The molecule has 23 heavy (non-hydrogen) atoms. The Balaban J connectivity index is 1.72. The van der Waals surface area contributed by atoms with Crippen LogP contribution in [0.1, 0.15) is 12.8 Å². The van der Waals surface area contributed by atoms with Crippen molar-refractivity contribution in [1.29, 1.82) is 0 Å². The summed E-state index contributed by atoms with van der Waals surface area (Å²) < 4.78 is 33.8. The van der Waals surface area contributed by atoms with Crippen molar-refractivity contribution < 1.29 is 13.5 Å². The highest BCUT2D eigenvalue weighted by Gasteiger charge is 2.18. The second-order valence-electron chi connectivity index (χ2n) is 5.75. The summed E-state index contributed by atoms with van der Waals surface area (Å²) in [6.45, 7) is 2.61. The fraction of sp³-hybridized carbons (Fsp3) is 0.333. The first-order valence-corrected chi connectivity index (χ1v) is 7.89. The molecule has 2 aromatic rings. The van der Waals surface area contributed by atoms with Crippen LogP contribution in [0.15, 0.2) is 42.5 Å². The molecule has 1 fully saturated rings. The Kier molecular flexibility index (Phi) is 5.08. The lowest BCUT2D eigenvalue weighted by Gasteiger charge is -2.23. The first kappa shape index (κ1) is 15.7. The van der Waals surface area contributed by atoms with E-state index >= 15 is 0 Å². The largest absolute Gasteiger partial charge is 0.451 e. The lowest BCUT2D eigenvalue weighted by atomic mass is 10.00. The number of hydrogen-bond donors (Lipinski definition) is 2. The van der Waals surface area contributed by atoms with Crippen LogP contribution in [-0.2, 0) is 0 Å². The summed E-state index contributed by atoms with van der Waals surface area (Å²) in [5.74, 6) is -0.928. The first-order chi connectivity index (χ1) is 11.2. The van der Waals surface area contributed by atoms with Crippen molar-refractivity contribution in [3.05, 3.63) is 54.1 Å². The quantitative estimate of drug-likeness (QED) is 0.868. The molecule has 1 atom stereocenters. The van der Waals surface area contributed by atoms with Crippen LogP contribution in [0.4, 0.5) is 14.5 Å². The van der Waals surface area contributed by atoms with Crippen molar-refractivity contribution in [2.45, 2.75) is 12.8 Å². The van der Waals surface area contributed by atoms with Crippen LogP contribution in [0.25, 0.3) is 0 Å². The van der Waals surface area contributed by atoms with Crippen molar-refractivity contribution in [3.63, 3.8) is 0 Å². The summed E-state index contributed by atoms with van der Waals surface area (Å²) >= 11 is 0. The van der Waals surface area contributed by atoms with E-state index in [1.165, 1.54) is 12.1 Å². The first-order valence-electron chi connectivity index (χ1n) is 7.89. The molecular formula is C18H20F2N2O. The molecule has 1 aliphatic rings. The van der Waals surface area contributed by atoms with Crippen LogP contribution < -0.4 is 15.4 Å². The van der Waals surface area contributed by atoms with E-state index in [4.69, 9.17) is 4.74 Å². The van der Waals surface area contributed by atoms with Crippen LogP contribution in [0.5, 0.6) is 11.5 Å². The van der Waals surface area contributed by atoms with Crippen molar-refractivity contribution in [3.8, 4) is 11.5 Å². The number of hydrogen-bond acceptors (Lipinski definition) is 3. The van der Waals surface area contributed by atoms with Crippen molar-refractivity contribution >= 4 is 5.69 Å². The third kappa shape index (κ3) is 3.99. The predicted molar refractivity (Wildman–Crippen MR) is 87.0 cm³/mol. The van der Waals surface area contributed by atoms with E-state index in [1.54, 1.807) is 24.3 Å². The van der Waals surface area contributed by atoms with Crippen LogP contribution in [0, 0.1) is 17.6 Å². The minimum Gasteiger partial charge on any atom is -0.451 e. The standard InChI is InChI=1S/C18H20F2N2O/c19-15-8-9-16(22-12-13-5-4-10-21-11-13)17(20)18(15)23-14-6-2-1-3-7-14/h1-3,6-9,13,21-22H,4-5,10-12H2. The summed E-state index contributed by atoms with van der Waals surface area (Å²) in [5.41, 5.74) is 0.267. The highest BCUT2D eigenvalue weighted by Crippen LogP contribution is 2.32. The molecule has 1 saturated heterocycles. The summed E-state index contributed by atoms with van der Waals surface area (Å²) in [6.07, 6.45) is 2.23. The molecule has 0 saturated carbocycles. The maximum atomic E-state index is 14.5. The molecule has 0 aromatic heterocycles. The van der Waals surface area contributed by atoms with Gasteiger partial charge in [0, 0.05) is 6.54 Å². The topological polar surface area (TPSA) is 33.3 Å². The molecule has 122 valence electrons. The summed E-state index contributed by atoms with van der Waals surface area (Å²) in [4.78, 5) is 0. The Bertz CT molecular complexity index is 643. The summed E-state index contributed by atoms with van der Waals surface area (Å²) in [6, 6.07) is 11.3. The van der Waals surface area contributed by atoms with Gasteiger partial charge in [0.15, 0.2) is 11.6 Å². The Labute approximate surface area is 134 Å². The Morgan fingerprint density at radius 2 is 1.96 bits per heavy atom. The summed E-state index contributed by atoms with van der Waals surface area (Å²) in [7, 11) is 0. The number of piperidine rings is 1. The van der Waals surface area contributed by atoms with Gasteiger partial charge in [0.2, 0.25) is 5.75 Å². The van der Waals surface area contributed by atoms with Gasteiger partial charge in [0.25, 0.3) is 0 Å². The van der Waals surface area contributed by atoms with Gasteiger partial charge in [-0.05, 0) is 56.1 Å². The van der Waals surface area contributed by atoms with Gasteiger partial charge in [-0.15, -0.1) is 0 Å². The van der Waals surface area contributed by atoms with E-state index in [-0.39, 0.29) is 11.4 Å². The molecule has 1 unspecified atom stereocenters. The van der Waals surface area contributed by atoms with E-state index in [0.717, 1.165) is 25.9 Å². The second-order valence-corrected chi connectivity index (χ2v) is 5.75. The fourth-order valence-electron chi connectivity index (χ4n) is 2.72. The molecule has 3 rings (SSSR count). The number of ether oxygens (including phenoxy) is 1. The van der Waals surface area contributed by atoms with Crippen LogP contribution in [0.2, 0.25) is 0 Å². The average Bonchev–Trinajstić information content (AvgIpc) is 2.60. The Hall–Kier alpha value is -2.14. The van der Waals surface area contributed by atoms with Crippen LogP contribution >= 0.6 is 0 Å². The van der Waals surface area contributed by atoms with Gasteiger partial charge in [-0.25, -0.2) is 8.78 Å². The van der Waals surface area contributed by atoms with Gasteiger partial charge >= 0.3 is 0 Å². The van der Waals surface area contributed by atoms with Crippen LogP contribution in [0.3, 0.4) is 0 Å². The minimum absolute atomic E-state index is 0.267. The fourth-order valence-corrected chi connectivity index (χ4v) is 2.72. The second kappa shape index (κ2) is 7.42. The zero-order valence-electron chi connectivity index (χ0n) is 12.8. The molecule has 1 heterocycles. The van der Waals surface area contributed by atoms with Gasteiger partial charge < -0.3 is 15.4 Å². The zero-order chi connectivity index (χ0) is 16.1. The van der Waals surface area contributed by atoms with Gasteiger partial charge in [0.1, 0.15) is 5.75 Å². The number of rotatable bonds is 5. The molecule has 0 bridgehead atoms. The van der Waals surface area contributed by atoms with Gasteiger partial charge in [-0.3, -0.25) is 0 Å². The van der Waals surface area contributed by atoms with E-state index in [0.29, 0.717) is 18.2 Å². The zero-order valence-corrected chi connectivity index (χ0v) is 12.8. The Morgan fingerprint density at radius 1 is 1.13 bits per heavy atom. The number of para-hydroxylation sites is 1. The van der Waals surface area contributed by atoms with Gasteiger partial charge in [-0.1, -0.05) is 18.2 Å². The van der Waals surface area contributed by atoms with E-state index in [1.807, 2.05) is 6.07 Å². The smallest absolute Gasteiger partial charge is 0.200 e. The normalized spacial score (nSPS) is 17.7. The molecule has 0 radical (unpaired) electrons. The van der Waals surface area contributed by atoms with Gasteiger partial charge in [-0.2, -0.15) is 0 Å². The number of benzene rings is 2. The SMILES string of the molecule is Fc1ccc(NCC2CCCNC2)c(F)c1Oc1ccccc1. The minimum atomic E-state index is -0.712. The molecule has 3 nitrogen and oxygen atoms in total. The van der Waals surface area contributed by atoms with Gasteiger partial charge in [0.05, 0.1) is 5.69 Å². The predicted octanol–water partition coefficient (Wildman–Crippen LogP) is 4.17. The number of halogens is 2. The highest BCUT2D eigenvalue weighted by molar-refractivity contribution is 5.52.